The number of carbonyl (C=O) groups is 3. The summed E-state index contributed by atoms with van der Waals surface area (Å²) in [5.74, 6) is -0.735. The summed E-state index contributed by atoms with van der Waals surface area (Å²) in [7, 11) is 0. The van der Waals surface area contributed by atoms with E-state index in [0.717, 1.165) is 11.8 Å². The van der Waals surface area contributed by atoms with Crippen molar-refractivity contribution in [1.82, 2.24) is 10.2 Å². The number of aliphatic carboxylic acids is 1. The molecule has 1 saturated heterocycles. The van der Waals surface area contributed by atoms with Gasteiger partial charge in [-0.1, -0.05) is 11.8 Å². The van der Waals surface area contributed by atoms with Crippen LogP contribution in [-0.4, -0.2) is 51.5 Å². The monoisotopic (exact) mass is 260 g/mol. The van der Waals surface area contributed by atoms with Crippen LogP contribution in [-0.2, 0) is 9.59 Å². The second-order valence-corrected chi connectivity index (χ2v) is 4.86. The largest absolute Gasteiger partial charge is 0.481 e. The lowest BCUT2D eigenvalue weighted by molar-refractivity contribution is -0.140. The van der Waals surface area contributed by atoms with Crippen LogP contribution in [0, 0.1) is 0 Å². The first-order valence-electron chi connectivity index (χ1n) is 5.41. The first-order chi connectivity index (χ1) is 7.95. The minimum absolute atomic E-state index is 0.0899. The number of carbonyl (C=O) groups excluding carboxylic acids is 2. The Morgan fingerprint density at radius 3 is 2.71 bits per heavy atom. The van der Waals surface area contributed by atoms with Gasteiger partial charge in [-0.05, 0) is 13.8 Å². The van der Waals surface area contributed by atoms with Gasteiger partial charge in [0.25, 0.3) is 5.24 Å². The summed E-state index contributed by atoms with van der Waals surface area (Å²) >= 11 is 1.07. The molecule has 6 nitrogen and oxygen atoms in total. The summed E-state index contributed by atoms with van der Waals surface area (Å²) < 4.78 is 0. The van der Waals surface area contributed by atoms with Crippen molar-refractivity contribution in [1.29, 1.82) is 0 Å². The first kappa shape index (κ1) is 13.8. The zero-order valence-electron chi connectivity index (χ0n) is 9.80. The van der Waals surface area contributed by atoms with E-state index in [1.54, 1.807) is 13.8 Å². The van der Waals surface area contributed by atoms with E-state index < -0.39 is 12.0 Å². The van der Waals surface area contributed by atoms with Crippen LogP contribution in [0.1, 0.15) is 20.3 Å². The van der Waals surface area contributed by atoms with Gasteiger partial charge in [-0.3, -0.25) is 14.4 Å². The maximum absolute atomic E-state index is 12.0. The summed E-state index contributed by atoms with van der Waals surface area (Å²) in [6.45, 7) is 3.92. The Hall–Kier alpha value is -1.24. The van der Waals surface area contributed by atoms with Crippen molar-refractivity contribution in [2.45, 2.75) is 32.4 Å². The highest BCUT2D eigenvalue weighted by atomic mass is 32.2. The topological polar surface area (TPSA) is 86.7 Å². The van der Waals surface area contributed by atoms with E-state index in [1.165, 1.54) is 4.90 Å². The normalized spacial score (nSPS) is 20.8. The van der Waals surface area contributed by atoms with Crippen LogP contribution in [0.15, 0.2) is 0 Å². The Labute approximate surface area is 104 Å². The number of nitrogens with one attached hydrogen (secondary N) is 1. The highest BCUT2D eigenvalue weighted by Gasteiger charge is 2.33. The first-order valence-corrected chi connectivity index (χ1v) is 6.39. The van der Waals surface area contributed by atoms with Gasteiger partial charge in [-0.25, -0.2) is 0 Å². The zero-order valence-corrected chi connectivity index (χ0v) is 10.6. The molecule has 2 N–H and O–H groups in total. The van der Waals surface area contributed by atoms with Crippen LogP contribution in [0.3, 0.4) is 0 Å². The van der Waals surface area contributed by atoms with Crippen LogP contribution in [0.4, 0.5) is 4.79 Å². The lowest BCUT2D eigenvalue weighted by Gasteiger charge is -2.29. The second-order valence-electron chi connectivity index (χ2n) is 3.87. The molecule has 0 aromatic carbocycles. The summed E-state index contributed by atoms with van der Waals surface area (Å²) in [6, 6.07) is -0.892. The van der Waals surface area contributed by atoms with Crippen molar-refractivity contribution in [3.63, 3.8) is 0 Å². The predicted molar refractivity (Wildman–Crippen MR) is 63.9 cm³/mol. The lowest BCUT2D eigenvalue weighted by atomic mass is 10.1. The number of hydrogen-bond donors (Lipinski definition) is 2. The molecule has 17 heavy (non-hydrogen) atoms. The van der Waals surface area contributed by atoms with Crippen molar-refractivity contribution in [3.8, 4) is 0 Å². The highest BCUT2D eigenvalue weighted by molar-refractivity contribution is 8.14. The number of likely N-dealkylation sites (N-methyl/N-ethyl adjacent to an activating group) is 1. The molecule has 0 aromatic heterocycles. The van der Waals surface area contributed by atoms with Crippen molar-refractivity contribution >= 4 is 28.9 Å². The van der Waals surface area contributed by atoms with Gasteiger partial charge in [0, 0.05) is 18.3 Å². The molecule has 0 aromatic rings. The Balaban J connectivity index is 2.63. The molecule has 0 radical (unpaired) electrons. The molecule has 1 rings (SSSR count). The minimum atomic E-state index is -0.936. The van der Waals surface area contributed by atoms with Gasteiger partial charge in [0.05, 0.1) is 6.42 Å². The van der Waals surface area contributed by atoms with Gasteiger partial charge in [-0.15, -0.1) is 0 Å². The number of amides is 2. The van der Waals surface area contributed by atoms with Gasteiger partial charge >= 0.3 is 5.97 Å². The molecule has 2 atom stereocenters. The molecule has 0 spiro atoms. The highest BCUT2D eigenvalue weighted by Crippen LogP contribution is 2.16. The third-order valence-corrected chi connectivity index (χ3v) is 3.48. The molecule has 2 unspecified atom stereocenters. The summed E-state index contributed by atoms with van der Waals surface area (Å²) in [4.78, 5) is 35.2. The Morgan fingerprint density at radius 1 is 1.65 bits per heavy atom. The van der Waals surface area contributed by atoms with E-state index in [2.05, 4.69) is 5.32 Å². The average Bonchev–Trinajstić information content (AvgIpc) is 2.64. The molecule has 0 bridgehead atoms. The van der Waals surface area contributed by atoms with E-state index in [4.69, 9.17) is 5.11 Å². The Bertz CT molecular complexity index is 334. The summed E-state index contributed by atoms with van der Waals surface area (Å²) in [5, 5.41) is 11.1. The maximum Gasteiger partial charge on any atom is 0.305 e. The van der Waals surface area contributed by atoms with Crippen LogP contribution in [0.25, 0.3) is 0 Å². The van der Waals surface area contributed by atoms with Crippen molar-refractivity contribution in [2.24, 2.45) is 0 Å². The van der Waals surface area contributed by atoms with Gasteiger partial charge in [0.1, 0.15) is 6.04 Å². The third kappa shape index (κ3) is 3.62. The molecule has 1 aliphatic heterocycles. The lowest BCUT2D eigenvalue weighted by Crippen LogP contribution is -2.49. The van der Waals surface area contributed by atoms with Crippen molar-refractivity contribution < 1.29 is 19.5 Å². The van der Waals surface area contributed by atoms with Gasteiger partial charge in [0.15, 0.2) is 0 Å². The summed E-state index contributed by atoms with van der Waals surface area (Å²) in [5.41, 5.74) is 0. The third-order valence-electron chi connectivity index (χ3n) is 2.60. The molecule has 96 valence electrons. The zero-order chi connectivity index (χ0) is 13.0. The predicted octanol–water partition coefficient (Wildman–Crippen LogP) is 0.523. The molecule has 2 amide bonds. The Morgan fingerprint density at radius 2 is 2.29 bits per heavy atom. The van der Waals surface area contributed by atoms with Gasteiger partial charge in [-0.2, -0.15) is 0 Å². The number of nitrogens with zero attached hydrogens (tertiary/aromatic N) is 1. The minimum Gasteiger partial charge on any atom is -0.481 e. The fourth-order valence-electron chi connectivity index (χ4n) is 1.77. The van der Waals surface area contributed by atoms with Crippen LogP contribution < -0.4 is 5.32 Å². The second kappa shape index (κ2) is 5.90. The maximum atomic E-state index is 12.0. The molecule has 7 heteroatoms. The van der Waals surface area contributed by atoms with E-state index >= 15 is 0 Å². The molecule has 1 heterocycles. The Kier molecular flexibility index (Phi) is 4.80. The van der Waals surface area contributed by atoms with Gasteiger partial charge < -0.3 is 15.3 Å². The number of carboxylic acid groups (broad SMARTS) is 1. The molecular formula is C10H16N2O4S. The van der Waals surface area contributed by atoms with Gasteiger partial charge in [0.2, 0.25) is 5.91 Å². The number of hydrogen-bond acceptors (Lipinski definition) is 4. The SMILES string of the molecule is CCN(C(=O)C1CSC(=O)N1)C(C)CC(=O)O. The van der Waals surface area contributed by atoms with Crippen LogP contribution >= 0.6 is 11.8 Å². The van der Waals surface area contributed by atoms with Crippen LogP contribution in [0.5, 0.6) is 0 Å². The van der Waals surface area contributed by atoms with Crippen LogP contribution in [0.2, 0.25) is 0 Å². The number of rotatable bonds is 5. The fourth-order valence-corrected chi connectivity index (χ4v) is 2.53. The van der Waals surface area contributed by atoms with Crippen molar-refractivity contribution in [3.05, 3.63) is 0 Å². The molecule has 0 saturated carbocycles. The standard InChI is InChI=1S/C10H16N2O4S/c1-3-12(6(2)4-8(13)14)9(15)7-5-17-10(16)11-7/h6-7H,3-5H2,1-2H3,(H,11,16)(H,13,14). The van der Waals surface area contributed by atoms with E-state index in [1.807, 2.05) is 0 Å². The van der Waals surface area contributed by atoms with E-state index in [9.17, 15) is 14.4 Å². The van der Waals surface area contributed by atoms with E-state index in [0.29, 0.717) is 12.3 Å². The van der Waals surface area contributed by atoms with E-state index in [-0.39, 0.29) is 23.6 Å². The fraction of sp³-hybridized carbons (Fsp3) is 0.700. The number of carboxylic acids is 1. The molecule has 0 aliphatic carbocycles. The molecule has 1 aliphatic rings. The molecular weight excluding hydrogens is 244 g/mol. The quantitative estimate of drug-likeness (QED) is 0.752. The number of thioether (sulfide) groups is 1. The van der Waals surface area contributed by atoms with Crippen molar-refractivity contribution in [2.75, 3.05) is 12.3 Å². The average molecular weight is 260 g/mol. The summed E-state index contributed by atoms with van der Waals surface area (Å²) in [6.07, 6.45) is -0.0899. The molecule has 1 fully saturated rings. The smallest absolute Gasteiger partial charge is 0.305 e.